The Bertz CT molecular complexity index is 1210. The number of hydrogen-bond donors (Lipinski definition) is 2. The summed E-state index contributed by atoms with van der Waals surface area (Å²) in [5.74, 6) is 0.452. The minimum absolute atomic E-state index is 0.00543. The molecular formula is C21H21N5O2S. The molecule has 0 bridgehead atoms. The number of anilines is 1. The van der Waals surface area contributed by atoms with E-state index in [0.29, 0.717) is 12.4 Å². The molecule has 2 aromatic heterocycles. The van der Waals surface area contributed by atoms with Gasteiger partial charge in [-0.05, 0) is 47.9 Å². The van der Waals surface area contributed by atoms with Crippen LogP contribution in [-0.2, 0) is 15.7 Å². The summed E-state index contributed by atoms with van der Waals surface area (Å²) in [5, 5.41) is 6.51. The summed E-state index contributed by atoms with van der Waals surface area (Å²) in [5.41, 5.74) is 7.66. The molecule has 8 heteroatoms. The first-order chi connectivity index (χ1) is 14.2. The van der Waals surface area contributed by atoms with Crippen LogP contribution in [0.4, 0.5) is 5.82 Å². The van der Waals surface area contributed by atoms with Crippen molar-refractivity contribution in [1.29, 1.82) is 0 Å². The Balaban J connectivity index is 1.24. The minimum Gasteiger partial charge on any atom is -0.382 e. The number of nitrogen functional groups attached to an aromatic ring is 1. The van der Waals surface area contributed by atoms with Crippen LogP contribution in [0.2, 0.25) is 0 Å². The average Bonchev–Trinajstić information content (AvgIpc) is 3.39. The third-order valence-electron chi connectivity index (χ3n) is 5.33. The summed E-state index contributed by atoms with van der Waals surface area (Å²) < 4.78 is 23.8. The second kappa shape index (κ2) is 7.55. The molecule has 2 unspecified atom stereocenters. The van der Waals surface area contributed by atoms with Crippen molar-refractivity contribution in [2.24, 2.45) is 0 Å². The molecule has 3 heterocycles. The summed E-state index contributed by atoms with van der Waals surface area (Å²) in [7, 11) is -1.28. The Morgan fingerprint density at radius 1 is 1.14 bits per heavy atom. The normalized spacial score (nSPS) is 20.4. The lowest BCUT2D eigenvalue weighted by Gasteiger charge is -2.14. The minimum atomic E-state index is -1.28. The molecule has 1 fully saturated rings. The van der Waals surface area contributed by atoms with Gasteiger partial charge in [0.1, 0.15) is 28.9 Å². The van der Waals surface area contributed by atoms with Crippen molar-refractivity contribution >= 4 is 33.1 Å². The highest BCUT2D eigenvalue weighted by Gasteiger charge is 2.29. The Hall–Kier alpha value is -2.81. The predicted octanol–water partition coefficient (Wildman–Crippen LogP) is 3.00. The molecule has 0 amide bonds. The van der Waals surface area contributed by atoms with Crippen LogP contribution in [0.5, 0.6) is 0 Å². The summed E-state index contributed by atoms with van der Waals surface area (Å²) in [6.07, 6.45) is 3.15. The number of rotatable bonds is 5. The zero-order chi connectivity index (χ0) is 19.8. The molecule has 0 aliphatic carbocycles. The van der Waals surface area contributed by atoms with Gasteiger partial charge in [-0.2, -0.15) is 5.10 Å². The first-order valence-corrected chi connectivity index (χ1v) is 10.7. The average molecular weight is 407 g/mol. The number of nitrogens with zero attached hydrogens (tertiary/aromatic N) is 3. The van der Waals surface area contributed by atoms with Gasteiger partial charge in [-0.25, -0.2) is 18.4 Å². The van der Waals surface area contributed by atoms with Crippen molar-refractivity contribution in [1.82, 2.24) is 19.3 Å². The molecule has 3 atom stereocenters. The predicted molar refractivity (Wildman–Crippen MR) is 113 cm³/mol. The molecular weight excluding hydrogens is 386 g/mol. The molecule has 0 spiro atoms. The molecule has 1 aliphatic rings. The topological polar surface area (TPSA) is 94.5 Å². The number of ether oxygens (including phenoxy) is 1. The maximum atomic E-state index is 12.7. The van der Waals surface area contributed by atoms with Gasteiger partial charge in [0, 0.05) is 6.54 Å². The van der Waals surface area contributed by atoms with E-state index in [-0.39, 0.29) is 12.2 Å². The maximum Gasteiger partial charge on any atom is 0.151 e. The molecule has 5 rings (SSSR count). The van der Waals surface area contributed by atoms with Crippen LogP contribution in [0.15, 0.2) is 65.8 Å². The van der Waals surface area contributed by atoms with Crippen LogP contribution in [0.3, 0.4) is 0 Å². The molecule has 7 nitrogen and oxygen atoms in total. The quantitative estimate of drug-likeness (QED) is 0.530. The SMILES string of the molecule is Nc1ncnn2c([C@H]3CCC(CNS(=O)c4ccc5ccccc5c4)O3)ccc12. The van der Waals surface area contributed by atoms with E-state index >= 15 is 0 Å². The van der Waals surface area contributed by atoms with E-state index in [9.17, 15) is 4.21 Å². The van der Waals surface area contributed by atoms with E-state index in [4.69, 9.17) is 10.5 Å². The number of fused-ring (bicyclic) bond motifs is 2. The highest BCUT2D eigenvalue weighted by Crippen LogP contribution is 2.33. The third kappa shape index (κ3) is 3.50. The molecule has 148 valence electrons. The second-order valence-electron chi connectivity index (χ2n) is 7.15. The Kier molecular flexibility index (Phi) is 4.75. The van der Waals surface area contributed by atoms with Gasteiger partial charge >= 0.3 is 0 Å². The van der Waals surface area contributed by atoms with Crippen molar-refractivity contribution in [2.45, 2.75) is 29.9 Å². The van der Waals surface area contributed by atoms with Crippen molar-refractivity contribution in [3.63, 3.8) is 0 Å². The lowest BCUT2D eigenvalue weighted by molar-refractivity contribution is 0.0447. The van der Waals surface area contributed by atoms with Gasteiger partial charge in [-0.3, -0.25) is 0 Å². The lowest BCUT2D eigenvalue weighted by Crippen LogP contribution is -2.28. The van der Waals surface area contributed by atoms with Gasteiger partial charge in [-0.1, -0.05) is 30.3 Å². The molecule has 1 saturated heterocycles. The summed E-state index contributed by atoms with van der Waals surface area (Å²) in [4.78, 5) is 4.79. The molecule has 0 saturated carbocycles. The van der Waals surface area contributed by atoms with Crippen LogP contribution < -0.4 is 10.5 Å². The summed E-state index contributed by atoms with van der Waals surface area (Å²) in [6, 6.07) is 17.8. The summed E-state index contributed by atoms with van der Waals surface area (Å²) >= 11 is 0. The van der Waals surface area contributed by atoms with Gasteiger partial charge in [0.05, 0.1) is 16.7 Å². The van der Waals surface area contributed by atoms with Crippen molar-refractivity contribution in [3.8, 4) is 0 Å². The zero-order valence-electron chi connectivity index (χ0n) is 15.7. The first kappa shape index (κ1) is 18.2. The first-order valence-electron chi connectivity index (χ1n) is 9.57. The van der Waals surface area contributed by atoms with Crippen molar-refractivity contribution < 1.29 is 8.95 Å². The van der Waals surface area contributed by atoms with Crippen LogP contribution >= 0.6 is 0 Å². The molecule has 2 aromatic carbocycles. The van der Waals surface area contributed by atoms with Crippen molar-refractivity contribution in [2.75, 3.05) is 12.3 Å². The molecule has 0 radical (unpaired) electrons. The maximum absolute atomic E-state index is 12.7. The second-order valence-corrected chi connectivity index (χ2v) is 8.45. The van der Waals surface area contributed by atoms with Crippen LogP contribution in [-0.4, -0.2) is 31.5 Å². The largest absolute Gasteiger partial charge is 0.382 e. The number of nitrogens with one attached hydrogen (secondary N) is 1. The van der Waals surface area contributed by atoms with E-state index in [1.165, 1.54) is 6.33 Å². The summed E-state index contributed by atoms with van der Waals surface area (Å²) in [6.45, 7) is 0.524. The molecule has 4 aromatic rings. The Morgan fingerprint density at radius 2 is 2.00 bits per heavy atom. The standard InChI is InChI=1S/C21H21N5O2S/c22-21-19-9-8-18(26(19)24-13-23-21)20-10-6-16(28-20)12-25-29(27)17-7-5-14-3-1-2-4-15(14)11-17/h1-5,7-9,11,13,16,20,25H,6,10,12H2,(H2,22,23,24)/t16?,20-,29?/m1/s1. The van der Waals surface area contributed by atoms with Gasteiger partial charge in [0.15, 0.2) is 5.82 Å². The smallest absolute Gasteiger partial charge is 0.151 e. The number of nitrogens with two attached hydrogens (primary N) is 1. The van der Waals surface area contributed by atoms with Gasteiger partial charge in [-0.15, -0.1) is 0 Å². The van der Waals surface area contributed by atoms with Crippen LogP contribution in [0, 0.1) is 0 Å². The highest BCUT2D eigenvalue weighted by molar-refractivity contribution is 7.83. The monoisotopic (exact) mass is 407 g/mol. The van der Waals surface area contributed by atoms with Crippen LogP contribution in [0.1, 0.15) is 24.6 Å². The van der Waals surface area contributed by atoms with E-state index in [0.717, 1.165) is 39.7 Å². The molecule has 29 heavy (non-hydrogen) atoms. The number of hydrogen-bond acceptors (Lipinski definition) is 5. The van der Waals surface area contributed by atoms with E-state index in [1.54, 1.807) is 4.52 Å². The highest BCUT2D eigenvalue weighted by atomic mass is 32.2. The number of benzene rings is 2. The van der Waals surface area contributed by atoms with Gasteiger partial charge < -0.3 is 10.5 Å². The Morgan fingerprint density at radius 3 is 2.90 bits per heavy atom. The fourth-order valence-electron chi connectivity index (χ4n) is 3.82. The van der Waals surface area contributed by atoms with E-state index in [1.807, 2.05) is 54.6 Å². The fourth-order valence-corrected chi connectivity index (χ4v) is 4.75. The van der Waals surface area contributed by atoms with Gasteiger partial charge in [0.2, 0.25) is 0 Å². The van der Waals surface area contributed by atoms with E-state index in [2.05, 4.69) is 14.8 Å². The number of aromatic nitrogens is 3. The van der Waals surface area contributed by atoms with E-state index < -0.39 is 11.0 Å². The molecule has 1 aliphatic heterocycles. The van der Waals surface area contributed by atoms with Crippen LogP contribution in [0.25, 0.3) is 16.3 Å². The third-order valence-corrected chi connectivity index (χ3v) is 6.44. The Labute approximate surface area is 170 Å². The van der Waals surface area contributed by atoms with Gasteiger partial charge in [0.25, 0.3) is 0 Å². The molecule has 3 N–H and O–H groups in total. The fraction of sp³-hybridized carbons (Fsp3) is 0.238. The zero-order valence-corrected chi connectivity index (χ0v) is 16.5. The van der Waals surface area contributed by atoms with Crippen molar-refractivity contribution in [3.05, 3.63) is 66.6 Å². The lowest BCUT2D eigenvalue weighted by atomic mass is 10.1.